The second-order valence-corrected chi connectivity index (χ2v) is 5.89. The molecule has 0 saturated carbocycles. The zero-order chi connectivity index (χ0) is 8.91. The first-order chi connectivity index (χ1) is 4.92. The summed E-state index contributed by atoms with van der Waals surface area (Å²) in [5.74, 6) is 0. The minimum absolute atomic E-state index is 0.198. The Morgan fingerprint density at radius 3 is 2.27 bits per heavy atom. The molecule has 0 aliphatic heterocycles. The maximum Gasteiger partial charge on any atom is 0.273 e. The molecular weight excluding hydrogens is 154 g/mol. The van der Waals surface area contributed by atoms with Gasteiger partial charge in [-0.1, -0.05) is 0 Å². The molecule has 0 unspecified atom stereocenters. The van der Waals surface area contributed by atoms with E-state index in [0.717, 1.165) is 19.0 Å². The summed E-state index contributed by atoms with van der Waals surface area (Å²) in [5, 5.41) is 3.35. The van der Waals surface area contributed by atoms with Crippen molar-refractivity contribution in [2.75, 3.05) is 6.54 Å². The number of hydrogen-bond donors (Lipinski definition) is 1. The first kappa shape index (κ1) is 11.0. The molecule has 0 aliphatic carbocycles. The Hall–Kier alpha value is -0.0231. The summed E-state index contributed by atoms with van der Waals surface area (Å²) in [6.45, 7) is 9.22. The van der Waals surface area contributed by atoms with E-state index in [1.807, 2.05) is 6.55 Å². The Kier molecular flexibility index (Phi) is 4.76. The first-order valence-corrected chi connectivity index (χ1v) is 6.28. The van der Waals surface area contributed by atoms with Gasteiger partial charge in [0, 0.05) is 5.54 Å². The van der Waals surface area contributed by atoms with Crippen LogP contribution in [0.15, 0.2) is 0 Å². The van der Waals surface area contributed by atoms with Gasteiger partial charge in [-0.05, 0) is 46.3 Å². The van der Waals surface area contributed by atoms with Gasteiger partial charge in [0.2, 0.25) is 0 Å². The van der Waals surface area contributed by atoms with Crippen LogP contribution in [0.2, 0.25) is 12.6 Å². The van der Waals surface area contributed by atoms with Crippen LogP contribution in [0, 0.1) is 0 Å². The summed E-state index contributed by atoms with van der Waals surface area (Å²) < 4.78 is 10.7. The highest BCUT2D eigenvalue weighted by Crippen LogP contribution is 1.99. The molecule has 0 radical (unpaired) electrons. The van der Waals surface area contributed by atoms with Crippen LogP contribution in [-0.2, 0) is 4.46 Å². The molecule has 0 aromatic carbocycles. The lowest BCUT2D eigenvalue weighted by atomic mass is 10.1. The van der Waals surface area contributed by atoms with Crippen LogP contribution >= 0.6 is 0 Å². The van der Waals surface area contributed by atoms with Crippen LogP contribution in [-0.4, -0.2) is 20.8 Å². The zero-order valence-electron chi connectivity index (χ0n) is 8.03. The lowest BCUT2D eigenvalue weighted by Gasteiger charge is -2.19. The highest BCUT2D eigenvalue weighted by atomic mass is 28.3. The van der Waals surface area contributed by atoms with Crippen molar-refractivity contribution in [2.45, 2.75) is 45.3 Å². The van der Waals surface area contributed by atoms with Crippen molar-refractivity contribution in [3.63, 3.8) is 0 Å². The minimum Gasteiger partial charge on any atom is -0.389 e. The summed E-state index contributed by atoms with van der Waals surface area (Å²) in [5.41, 5.74) is 0.198. The molecule has 11 heavy (non-hydrogen) atoms. The number of hydrogen-bond acceptors (Lipinski definition) is 2. The van der Waals surface area contributed by atoms with E-state index in [0.29, 0.717) is 0 Å². The molecule has 0 bridgehead atoms. The van der Waals surface area contributed by atoms with Crippen molar-refractivity contribution in [1.82, 2.24) is 5.32 Å². The van der Waals surface area contributed by atoms with Gasteiger partial charge in [-0.2, -0.15) is 0 Å². The number of nitrogens with one attached hydrogen (secondary N) is 1. The molecule has 66 valence electrons. The van der Waals surface area contributed by atoms with E-state index in [-0.39, 0.29) is 5.54 Å². The van der Waals surface area contributed by atoms with Crippen molar-refractivity contribution in [3.05, 3.63) is 0 Å². The SMILES string of the molecule is C[Si](=O)CCCNC(C)(C)C. The zero-order valence-corrected chi connectivity index (χ0v) is 9.03. The average molecular weight is 173 g/mol. The highest BCUT2D eigenvalue weighted by molar-refractivity contribution is 6.40. The molecule has 0 aliphatic rings. The largest absolute Gasteiger partial charge is 0.389 e. The van der Waals surface area contributed by atoms with E-state index < -0.39 is 8.68 Å². The Bertz CT molecular complexity index is 129. The third-order valence-electron chi connectivity index (χ3n) is 1.36. The molecule has 2 nitrogen and oxygen atoms in total. The summed E-state index contributed by atoms with van der Waals surface area (Å²) in [6.07, 6.45) is 1.03. The standard InChI is InChI=1S/C8H19NOSi/c1-8(2,3)9-6-5-7-11(4)10/h9H,5-7H2,1-4H3. The molecule has 0 heterocycles. The minimum atomic E-state index is -1.24. The summed E-state index contributed by atoms with van der Waals surface area (Å²) in [7, 11) is -1.24. The Labute approximate surface area is 71.0 Å². The van der Waals surface area contributed by atoms with Gasteiger partial charge in [-0.25, -0.2) is 0 Å². The third-order valence-corrected chi connectivity index (χ3v) is 2.42. The van der Waals surface area contributed by atoms with Crippen LogP contribution in [0.4, 0.5) is 0 Å². The van der Waals surface area contributed by atoms with Crippen LogP contribution < -0.4 is 5.32 Å². The predicted octanol–water partition coefficient (Wildman–Crippen LogP) is 1.82. The van der Waals surface area contributed by atoms with Crippen molar-refractivity contribution in [2.24, 2.45) is 0 Å². The van der Waals surface area contributed by atoms with Gasteiger partial charge >= 0.3 is 0 Å². The van der Waals surface area contributed by atoms with Crippen molar-refractivity contribution in [1.29, 1.82) is 0 Å². The maximum absolute atomic E-state index is 10.7. The monoisotopic (exact) mass is 173 g/mol. The highest BCUT2D eigenvalue weighted by Gasteiger charge is 2.07. The molecule has 0 aromatic heterocycles. The molecule has 0 fully saturated rings. The van der Waals surface area contributed by atoms with Gasteiger partial charge < -0.3 is 9.78 Å². The number of rotatable bonds is 4. The van der Waals surface area contributed by atoms with E-state index in [9.17, 15) is 4.46 Å². The van der Waals surface area contributed by atoms with Crippen LogP contribution in [0.1, 0.15) is 27.2 Å². The predicted molar refractivity (Wildman–Crippen MR) is 49.5 cm³/mol. The van der Waals surface area contributed by atoms with Gasteiger partial charge in [-0.3, -0.25) is 0 Å². The fraction of sp³-hybridized carbons (Fsp3) is 1.00. The second kappa shape index (κ2) is 4.77. The molecular formula is C8H19NOSi. The second-order valence-electron chi connectivity index (χ2n) is 3.98. The molecule has 0 rings (SSSR count). The molecule has 0 atom stereocenters. The topological polar surface area (TPSA) is 29.1 Å². The fourth-order valence-electron chi connectivity index (χ4n) is 0.801. The van der Waals surface area contributed by atoms with Gasteiger partial charge in [0.15, 0.2) is 0 Å². The molecule has 1 N–H and O–H groups in total. The lowest BCUT2D eigenvalue weighted by Crippen LogP contribution is -2.36. The first-order valence-electron chi connectivity index (χ1n) is 4.16. The van der Waals surface area contributed by atoms with E-state index in [2.05, 4.69) is 26.1 Å². The van der Waals surface area contributed by atoms with Gasteiger partial charge in [0.05, 0.1) is 0 Å². The van der Waals surface area contributed by atoms with Crippen molar-refractivity contribution in [3.8, 4) is 0 Å². The summed E-state index contributed by atoms with van der Waals surface area (Å²) in [4.78, 5) is 0. The molecule has 0 amide bonds. The Balaban J connectivity index is 3.22. The molecule has 0 saturated heterocycles. The molecule has 0 aromatic rings. The van der Waals surface area contributed by atoms with Crippen LogP contribution in [0.25, 0.3) is 0 Å². The fourth-order valence-corrected chi connectivity index (χ4v) is 1.48. The van der Waals surface area contributed by atoms with E-state index in [4.69, 9.17) is 0 Å². The Morgan fingerprint density at radius 1 is 1.36 bits per heavy atom. The van der Waals surface area contributed by atoms with Crippen LogP contribution in [0.3, 0.4) is 0 Å². The van der Waals surface area contributed by atoms with Gasteiger partial charge in [0.1, 0.15) is 0 Å². The van der Waals surface area contributed by atoms with Crippen molar-refractivity contribution >= 4 is 8.68 Å². The maximum atomic E-state index is 10.7. The summed E-state index contributed by atoms with van der Waals surface area (Å²) >= 11 is 0. The van der Waals surface area contributed by atoms with Gasteiger partial charge in [0.25, 0.3) is 8.68 Å². The van der Waals surface area contributed by atoms with E-state index in [1.54, 1.807) is 0 Å². The molecule has 0 spiro atoms. The smallest absolute Gasteiger partial charge is 0.273 e. The molecule has 3 heteroatoms. The van der Waals surface area contributed by atoms with E-state index >= 15 is 0 Å². The van der Waals surface area contributed by atoms with E-state index in [1.165, 1.54) is 0 Å². The summed E-state index contributed by atoms with van der Waals surface area (Å²) in [6, 6.07) is 0.883. The Morgan fingerprint density at radius 2 is 1.91 bits per heavy atom. The third kappa shape index (κ3) is 9.98. The van der Waals surface area contributed by atoms with Gasteiger partial charge in [-0.15, -0.1) is 0 Å². The normalized spacial score (nSPS) is 11.6. The average Bonchev–Trinajstić information content (AvgIpc) is 1.78. The quantitative estimate of drug-likeness (QED) is 0.519. The lowest BCUT2D eigenvalue weighted by molar-refractivity contribution is 0.425. The van der Waals surface area contributed by atoms with Crippen LogP contribution in [0.5, 0.6) is 0 Å². The van der Waals surface area contributed by atoms with Crippen molar-refractivity contribution < 1.29 is 4.46 Å².